The second kappa shape index (κ2) is 8.26. The number of fused-ring (bicyclic) bond motifs is 3. The van der Waals surface area contributed by atoms with E-state index in [1.807, 2.05) is 12.1 Å². The maximum Gasteiger partial charge on any atom is 0.265 e. The number of benzene rings is 2. The summed E-state index contributed by atoms with van der Waals surface area (Å²) in [5.74, 6) is -0.236. The van der Waals surface area contributed by atoms with Crippen LogP contribution in [0.25, 0.3) is 27.1 Å². The lowest BCUT2D eigenvalue weighted by molar-refractivity contribution is -0.667. The summed E-state index contributed by atoms with van der Waals surface area (Å²) >= 11 is 1.70. The van der Waals surface area contributed by atoms with E-state index in [1.165, 1.54) is 16.8 Å². The minimum Gasteiger partial charge on any atom is -0.378 e. The van der Waals surface area contributed by atoms with Crippen LogP contribution >= 0.6 is 11.3 Å². The molecule has 0 spiro atoms. The Labute approximate surface area is 175 Å². The van der Waals surface area contributed by atoms with Gasteiger partial charge in [0, 0.05) is 31.8 Å². The number of aryl methyl sites for hydroxylation is 1. The summed E-state index contributed by atoms with van der Waals surface area (Å²) in [4.78, 5) is 2.28. The Morgan fingerprint density at radius 3 is 2.83 bits per heavy atom. The molecule has 0 aliphatic carbocycles. The van der Waals surface area contributed by atoms with Crippen molar-refractivity contribution in [2.24, 2.45) is 0 Å². The van der Waals surface area contributed by atoms with Crippen molar-refractivity contribution in [1.82, 2.24) is 4.90 Å². The van der Waals surface area contributed by atoms with Gasteiger partial charge in [0.25, 0.3) is 15.1 Å². The van der Waals surface area contributed by atoms with E-state index in [9.17, 15) is 8.42 Å². The Balaban J connectivity index is 1.75. The lowest BCUT2D eigenvalue weighted by atomic mass is 10.1. The first kappa shape index (κ1) is 20.1. The summed E-state index contributed by atoms with van der Waals surface area (Å²) in [6.07, 6.45) is 9.02. The van der Waals surface area contributed by atoms with Gasteiger partial charge in [-0.25, -0.2) is 0 Å². The molecule has 2 heterocycles. The smallest absolute Gasteiger partial charge is 0.265 e. The molecular weight excluding hydrogens is 404 g/mol. The number of hydrogen-bond donors (Lipinski definition) is 1. The highest BCUT2D eigenvalue weighted by Crippen LogP contribution is 2.29. The summed E-state index contributed by atoms with van der Waals surface area (Å²) in [5, 5.41) is 3.39. The Bertz CT molecular complexity index is 1210. The van der Waals surface area contributed by atoms with E-state index < -0.39 is 10.1 Å². The summed E-state index contributed by atoms with van der Waals surface area (Å²) in [6, 6.07) is 12.5. The van der Waals surface area contributed by atoms with Crippen LogP contribution in [0.15, 0.2) is 54.2 Å². The highest BCUT2D eigenvalue weighted by Gasteiger charge is 2.22. The molecule has 0 unspecified atom stereocenters. The molecule has 4 rings (SSSR count). The third kappa shape index (κ3) is 4.52. The van der Waals surface area contributed by atoms with Crippen molar-refractivity contribution in [3.8, 4) is 0 Å². The third-order valence-corrected chi connectivity index (χ3v) is 7.26. The topological polar surface area (TPSA) is 61.5 Å². The van der Waals surface area contributed by atoms with Gasteiger partial charge in [-0.3, -0.25) is 4.55 Å². The van der Waals surface area contributed by atoms with Crippen LogP contribution in [0.2, 0.25) is 0 Å². The van der Waals surface area contributed by atoms with Crippen LogP contribution in [0.3, 0.4) is 0 Å². The summed E-state index contributed by atoms with van der Waals surface area (Å²) < 4.78 is 34.9. The van der Waals surface area contributed by atoms with Crippen LogP contribution in [0.5, 0.6) is 0 Å². The Hall–Kier alpha value is -2.22. The zero-order valence-corrected chi connectivity index (χ0v) is 18.0. The van der Waals surface area contributed by atoms with Crippen LogP contribution in [-0.4, -0.2) is 37.2 Å². The average molecular weight is 430 g/mol. The van der Waals surface area contributed by atoms with Crippen LogP contribution in [0, 0.1) is 0 Å². The number of nitrogens with zero attached hydrogens (tertiary/aromatic N) is 2. The highest BCUT2D eigenvalue weighted by molar-refractivity contribution is 7.85. The first-order valence-electron chi connectivity index (χ1n) is 9.80. The lowest BCUT2D eigenvalue weighted by Gasteiger charge is -2.10. The van der Waals surface area contributed by atoms with Crippen LogP contribution in [0.4, 0.5) is 0 Å². The van der Waals surface area contributed by atoms with Crippen LogP contribution < -0.4 is 4.57 Å². The molecule has 5 nitrogen and oxygen atoms in total. The van der Waals surface area contributed by atoms with Gasteiger partial charge in [0.2, 0.25) is 5.52 Å². The average Bonchev–Trinajstić information content (AvgIpc) is 3.24. The maximum atomic E-state index is 11.2. The molecule has 0 bridgehead atoms. The quantitative estimate of drug-likeness (QED) is 0.470. The van der Waals surface area contributed by atoms with Gasteiger partial charge >= 0.3 is 0 Å². The van der Waals surface area contributed by atoms with E-state index in [2.05, 4.69) is 59.0 Å². The van der Waals surface area contributed by atoms with E-state index in [1.54, 1.807) is 11.3 Å². The fourth-order valence-electron chi connectivity index (χ4n) is 3.91. The molecule has 29 heavy (non-hydrogen) atoms. The minimum atomic E-state index is -3.96. The molecule has 1 saturated heterocycles. The van der Waals surface area contributed by atoms with Crippen molar-refractivity contribution in [2.75, 3.05) is 19.3 Å². The zero-order chi connectivity index (χ0) is 20.4. The molecular formula is C22H25N2O3S2+. The standard InChI is InChI=1S/C22H24N2O3S2/c1-23-14-5-9-18(23)8-4-11-21-24(15-6-16-29(25,26)27)22-19-10-3-2-7-17(19)12-13-20(22)28-21/h2-4,7-8,10-13H,5-6,9,14-16H2,1H3/p+1. The number of likely N-dealkylation sites (tertiary alicyclic amines) is 1. The van der Waals surface area contributed by atoms with Crippen molar-refractivity contribution >= 4 is 48.5 Å². The van der Waals surface area contributed by atoms with Crippen molar-refractivity contribution in [1.29, 1.82) is 0 Å². The van der Waals surface area contributed by atoms with Crippen molar-refractivity contribution in [3.63, 3.8) is 0 Å². The zero-order valence-electron chi connectivity index (χ0n) is 16.4. The van der Waals surface area contributed by atoms with Gasteiger partial charge in [0.05, 0.1) is 11.1 Å². The number of thiazole rings is 1. The number of rotatable bonds is 6. The van der Waals surface area contributed by atoms with Gasteiger partial charge in [0.1, 0.15) is 4.70 Å². The predicted octanol–water partition coefficient (Wildman–Crippen LogP) is 4.24. The molecule has 0 atom stereocenters. The van der Waals surface area contributed by atoms with E-state index in [4.69, 9.17) is 4.55 Å². The number of hydrogen-bond acceptors (Lipinski definition) is 4. The number of aromatic nitrogens is 1. The molecule has 2 aromatic carbocycles. The number of allylic oxidation sites excluding steroid dienone is 3. The normalized spacial score (nSPS) is 16.8. The van der Waals surface area contributed by atoms with Gasteiger partial charge in [-0.1, -0.05) is 41.7 Å². The van der Waals surface area contributed by atoms with Gasteiger partial charge in [-0.15, -0.1) is 0 Å². The summed E-state index contributed by atoms with van der Waals surface area (Å²) in [7, 11) is -1.84. The molecule has 0 amide bonds. The molecule has 1 aliphatic rings. The van der Waals surface area contributed by atoms with E-state index in [-0.39, 0.29) is 5.75 Å². The van der Waals surface area contributed by atoms with Crippen LogP contribution in [0.1, 0.15) is 24.3 Å². The summed E-state index contributed by atoms with van der Waals surface area (Å²) in [5.41, 5.74) is 2.46. The van der Waals surface area contributed by atoms with Crippen molar-refractivity contribution < 1.29 is 17.5 Å². The second-order valence-electron chi connectivity index (χ2n) is 7.41. The first-order valence-corrected chi connectivity index (χ1v) is 12.2. The maximum absolute atomic E-state index is 11.2. The SMILES string of the molecule is CN1CCC/C1=C/C=C/c1sc2ccc3ccccc3c2[n+]1CCCS(=O)(=O)O. The molecule has 3 aromatic rings. The van der Waals surface area contributed by atoms with E-state index in [0.29, 0.717) is 13.0 Å². The molecule has 1 N–H and O–H groups in total. The predicted molar refractivity (Wildman–Crippen MR) is 120 cm³/mol. The lowest BCUT2D eigenvalue weighted by Crippen LogP contribution is -2.36. The van der Waals surface area contributed by atoms with E-state index in [0.717, 1.165) is 34.3 Å². The first-order chi connectivity index (χ1) is 13.9. The molecule has 152 valence electrons. The Morgan fingerprint density at radius 1 is 1.24 bits per heavy atom. The molecule has 1 aliphatic heterocycles. The third-order valence-electron chi connectivity index (χ3n) is 5.34. The van der Waals surface area contributed by atoms with Crippen molar-refractivity contribution in [2.45, 2.75) is 25.8 Å². The largest absolute Gasteiger partial charge is 0.378 e. The van der Waals surface area contributed by atoms with Gasteiger partial charge < -0.3 is 4.90 Å². The van der Waals surface area contributed by atoms with Crippen molar-refractivity contribution in [3.05, 3.63) is 59.3 Å². The highest BCUT2D eigenvalue weighted by atomic mass is 32.2. The van der Waals surface area contributed by atoms with Crippen LogP contribution in [-0.2, 0) is 16.7 Å². The molecule has 0 radical (unpaired) electrons. The fourth-order valence-corrected chi connectivity index (χ4v) is 5.52. The minimum absolute atomic E-state index is 0.236. The molecule has 1 fully saturated rings. The molecule has 0 saturated carbocycles. The van der Waals surface area contributed by atoms with Gasteiger partial charge in [0.15, 0.2) is 6.54 Å². The Kier molecular flexibility index (Phi) is 5.72. The second-order valence-corrected chi connectivity index (χ2v) is 10.0. The van der Waals surface area contributed by atoms with Gasteiger partial charge in [-0.05, 0) is 36.4 Å². The monoisotopic (exact) mass is 429 g/mol. The van der Waals surface area contributed by atoms with E-state index >= 15 is 0 Å². The summed E-state index contributed by atoms with van der Waals surface area (Å²) in [6.45, 7) is 1.63. The molecule has 7 heteroatoms. The Morgan fingerprint density at radius 2 is 2.07 bits per heavy atom. The van der Waals surface area contributed by atoms with Gasteiger partial charge in [-0.2, -0.15) is 13.0 Å². The fraction of sp³-hybridized carbons (Fsp3) is 0.318. The molecule has 1 aromatic heterocycles.